The summed E-state index contributed by atoms with van der Waals surface area (Å²) < 4.78 is 31.6. The SMILES string of the molecule is CC(=O)c1ccc(S(=O)(=O)N(C)CC(=O)Nc2ccc(OCC(=O)N(C)C)cc2)cc1. The second kappa shape index (κ2) is 10.2. The van der Waals surface area contributed by atoms with E-state index in [-0.39, 0.29) is 23.2 Å². The van der Waals surface area contributed by atoms with Crippen LogP contribution in [0.3, 0.4) is 0 Å². The van der Waals surface area contributed by atoms with Crippen LogP contribution in [0.4, 0.5) is 5.69 Å². The van der Waals surface area contributed by atoms with E-state index in [9.17, 15) is 22.8 Å². The fourth-order valence-corrected chi connectivity index (χ4v) is 3.57. The van der Waals surface area contributed by atoms with E-state index < -0.39 is 22.5 Å². The number of nitrogens with zero attached hydrogens (tertiary/aromatic N) is 2. The Morgan fingerprint density at radius 1 is 0.935 bits per heavy atom. The van der Waals surface area contributed by atoms with Crippen LogP contribution < -0.4 is 10.1 Å². The van der Waals surface area contributed by atoms with Crippen molar-refractivity contribution in [2.24, 2.45) is 0 Å². The van der Waals surface area contributed by atoms with E-state index in [0.29, 0.717) is 17.0 Å². The molecule has 2 rings (SSSR count). The third-order valence-electron chi connectivity index (χ3n) is 4.33. The average Bonchev–Trinajstić information content (AvgIpc) is 2.72. The molecule has 0 saturated carbocycles. The van der Waals surface area contributed by atoms with Gasteiger partial charge in [0.05, 0.1) is 11.4 Å². The zero-order valence-electron chi connectivity index (χ0n) is 17.8. The first-order chi connectivity index (χ1) is 14.5. The number of benzene rings is 2. The highest BCUT2D eigenvalue weighted by molar-refractivity contribution is 7.89. The molecule has 0 heterocycles. The Kier molecular flexibility index (Phi) is 7.89. The minimum Gasteiger partial charge on any atom is -0.484 e. The molecule has 2 amide bonds. The van der Waals surface area contributed by atoms with Crippen molar-refractivity contribution in [1.82, 2.24) is 9.21 Å². The van der Waals surface area contributed by atoms with E-state index in [1.54, 1.807) is 38.4 Å². The standard InChI is InChI=1S/C21H25N3O6S/c1-15(25)16-5-11-19(12-6-16)31(28,29)24(4)13-20(26)22-17-7-9-18(10-8-17)30-14-21(27)23(2)3/h5-12H,13-14H2,1-4H3,(H,22,26). The van der Waals surface area contributed by atoms with Crippen molar-refractivity contribution in [3.05, 3.63) is 54.1 Å². The van der Waals surface area contributed by atoms with Crippen LogP contribution >= 0.6 is 0 Å². The summed E-state index contributed by atoms with van der Waals surface area (Å²) >= 11 is 0. The van der Waals surface area contributed by atoms with Crippen LogP contribution in [0.25, 0.3) is 0 Å². The third-order valence-corrected chi connectivity index (χ3v) is 6.15. The number of hydrogen-bond donors (Lipinski definition) is 1. The molecule has 9 nitrogen and oxygen atoms in total. The summed E-state index contributed by atoms with van der Waals surface area (Å²) in [4.78, 5) is 36.5. The van der Waals surface area contributed by atoms with Crippen molar-refractivity contribution < 1.29 is 27.5 Å². The average molecular weight is 448 g/mol. The van der Waals surface area contributed by atoms with Gasteiger partial charge in [-0.2, -0.15) is 4.31 Å². The molecule has 10 heteroatoms. The first-order valence-corrected chi connectivity index (χ1v) is 10.7. The number of hydrogen-bond acceptors (Lipinski definition) is 6. The van der Waals surface area contributed by atoms with E-state index in [2.05, 4.69) is 5.32 Å². The Balaban J connectivity index is 1.95. The van der Waals surface area contributed by atoms with Crippen LogP contribution in [0.15, 0.2) is 53.4 Å². The smallest absolute Gasteiger partial charge is 0.259 e. The fraction of sp³-hybridized carbons (Fsp3) is 0.286. The third kappa shape index (κ3) is 6.63. The molecular weight excluding hydrogens is 422 g/mol. The predicted molar refractivity (Wildman–Crippen MR) is 116 cm³/mol. The molecule has 0 radical (unpaired) electrons. The van der Waals surface area contributed by atoms with Gasteiger partial charge < -0.3 is 15.0 Å². The van der Waals surface area contributed by atoms with Gasteiger partial charge in [0.2, 0.25) is 15.9 Å². The molecule has 0 fully saturated rings. The lowest BCUT2D eigenvalue weighted by molar-refractivity contribution is -0.130. The van der Waals surface area contributed by atoms with Gasteiger partial charge in [-0.3, -0.25) is 14.4 Å². The van der Waals surface area contributed by atoms with Crippen molar-refractivity contribution >= 4 is 33.3 Å². The van der Waals surface area contributed by atoms with E-state index >= 15 is 0 Å². The summed E-state index contributed by atoms with van der Waals surface area (Å²) in [6, 6.07) is 11.9. The first-order valence-electron chi connectivity index (χ1n) is 9.31. The first kappa shape index (κ1) is 24.0. The number of rotatable bonds is 9. The molecule has 2 aromatic carbocycles. The molecule has 0 unspecified atom stereocenters. The molecule has 0 saturated heterocycles. The van der Waals surface area contributed by atoms with Crippen LogP contribution in [-0.2, 0) is 19.6 Å². The van der Waals surface area contributed by atoms with Gasteiger partial charge in [0.25, 0.3) is 5.91 Å². The second-order valence-corrected chi connectivity index (χ2v) is 9.04. The minimum absolute atomic E-state index is 0.0124. The van der Waals surface area contributed by atoms with E-state index in [0.717, 1.165) is 4.31 Å². The molecule has 0 spiro atoms. The Morgan fingerprint density at radius 2 is 1.52 bits per heavy atom. The number of anilines is 1. The summed E-state index contributed by atoms with van der Waals surface area (Å²) in [5, 5.41) is 2.61. The van der Waals surface area contributed by atoms with Gasteiger partial charge in [0.1, 0.15) is 5.75 Å². The summed E-state index contributed by atoms with van der Waals surface area (Å²) in [6.45, 7) is 0.892. The highest BCUT2D eigenvalue weighted by atomic mass is 32.2. The second-order valence-electron chi connectivity index (χ2n) is 6.99. The molecule has 0 aliphatic carbocycles. The van der Waals surface area contributed by atoms with Crippen LogP contribution in [-0.4, -0.2) is 69.5 Å². The molecule has 0 aliphatic rings. The quantitative estimate of drug-likeness (QED) is 0.585. The molecule has 0 aliphatic heterocycles. The molecule has 0 bridgehead atoms. The number of amides is 2. The van der Waals surface area contributed by atoms with Gasteiger partial charge in [0, 0.05) is 32.4 Å². The van der Waals surface area contributed by atoms with E-state index in [1.165, 1.54) is 43.1 Å². The van der Waals surface area contributed by atoms with Crippen LogP contribution in [0, 0.1) is 0 Å². The number of Topliss-reactive ketones (excluding diaryl/α,β-unsaturated/α-hetero) is 1. The lowest BCUT2D eigenvalue weighted by atomic mass is 10.2. The van der Waals surface area contributed by atoms with Crippen molar-refractivity contribution in [1.29, 1.82) is 0 Å². The number of sulfonamides is 1. The lowest BCUT2D eigenvalue weighted by Gasteiger charge is -2.17. The summed E-state index contributed by atoms with van der Waals surface area (Å²) in [5.74, 6) is -0.417. The van der Waals surface area contributed by atoms with Crippen LogP contribution in [0.5, 0.6) is 5.75 Å². The molecule has 31 heavy (non-hydrogen) atoms. The number of likely N-dealkylation sites (N-methyl/N-ethyl adjacent to an activating group) is 2. The number of carbonyl (C=O) groups is 3. The van der Waals surface area contributed by atoms with Crippen LogP contribution in [0.1, 0.15) is 17.3 Å². The Labute approximate surface area is 181 Å². The maximum atomic E-state index is 12.6. The van der Waals surface area contributed by atoms with E-state index in [1.807, 2.05) is 0 Å². The predicted octanol–water partition coefficient (Wildman–Crippen LogP) is 1.62. The molecular formula is C21H25N3O6S. The number of nitrogens with one attached hydrogen (secondary N) is 1. The monoisotopic (exact) mass is 447 g/mol. The van der Waals surface area contributed by atoms with Gasteiger partial charge in [0.15, 0.2) is 12.4 Å². The Bertz CT molecular complexity index is 1050. The van der Waals surface area contributed by atoms with E-state index in [4.69, 9.17) is 4.74 Å². The molecule has 2 aromatic rings. The minimum atomic E-state index is -3.89. The highest BCUT2D eigenvalue weighted by Crippen LogP contribution is 2.17. The van der Waals surface area contributed by atoms with Gasteiger partial charge in [-0.25, -0.2) is 8.42 Å². The Morgan fingerprint density at radius 3 is 2.03 bits per heavy atom. The zero-order chi connectivity index (χ0) is 23.2. The van der Waals surface area contributed by atoms with Gasteiger partial charge in [-0.05, 0) is 43.3 Å². The maximum Gasteiger partial charge on any atom is 0.259 e. The fourth-order valence-electron chi connectivity index (χ4n) is 2.44. The molecule has 0 atom stereocenters. The van der Waals surface area contributed by atoms with Gasteiger partial charge >= 0.3 is 0 Å². The summed E-state index contributed by atoms with van der Waals surface area (Å²) in [5.41, 5.74) is 0.853. The maximum absolute atomic E-state index is 12.6. The Hall–Kier alpha value is -3.24. The van der Waals surface area contributed by atoms with Crippen molar-refractivity contribution in [3.8, 4) is 5.75 Å². The van der Waals surface area contributed by atoms with Crippen molar-refractivity contribution in [3.63, 3.8) is 0 Å². The van der Waals surface area contributed by atoms with Gasteiger partial charge in [-0.1, -0.05) is 12.1 Å². The summed E-state index contributed by atoms with van der Waals surface area (Å²) in [7, 11) is 0.661. The zero-order valence-corrected chi connectivity index (χ0v) is 18.6. The van der Waals surface area contributed by atoms with Crippen molar-refractivity contribution in [2.45, 2.75) is 11.8 Å². The normalized spacial score (nSPS) is 11.1. The lowest BCUT2D eigenvalue weighted by Crippen LogP contribution is -2.35. The molecule has 1 N–H and O–H groups in total. The topological polar surface area (TPSA) is 113 Å². The van der Waals surface area contributed by atoms with Crippen LogP contribution in [0.2, 0.25) is 0 Å². The van der Waals surface area contributed by atoms with Gasteiger partial charge in [-0.15, -0.1) is 0 Å². The van der Waals surface area contributed by atoms with Crippen molar-refractivity contribution in [2.75, 3.05) is 39.6 Å². The number of ketones is 1. The molecule has 0 aromatic heterocycles. The largest absolute Gasteiger partial charge is 0.484 e. The number of ether oxygens (including phenoxy) is 1. The molecule has 166 valence electrons. The highest BCUT2D eigenvalue weighted by Gasteiger charge is 2.23. The summed E-state index contributed by atoms with van der Waals surface area (Å²) in [6.07, 6.45) is 0. The number of carbonyl (C=O) groups excluding carboxylic acids is 3.